The highest BCUT2D eigenvalue weighted by atomic mass is 32.2. The van der Waals surface area contributed by atoms with Crippen LogP contribution in [0.2, 0.25) is 0 Å². The van der Waals surface area contributed by atoms with Gasteiger partial charge in [-0.2, -0.15) is 11.8 Å². The summed E-state index contributed by atoms with van der Waals surface area (Å²) in [6.07, 6.45) is 1.00. The summed E-state index contributed by atoms with van der Waals surface area (Å²) in [6.45, 7) is 1.82. The van der Waals surface area contributed by atoms with Crippen LogP contribution in [0.3, 0.4) is 0 Å². The average Bonchev–Trinajstić information content (AvgIpc) is 3.21. The third kappa shape index (κ3) is 3.05. The van der Waals surface area contributed by atoms with E-state index in [4.69, 9.17) is 9.47 Å². The van der Waals surface area contributed by atoms with Crippen molar-refractivity contribution in [2.24, 2.45) is 0 Å². The zero-order valence-electron chi connectivity index (χ0n) is 12.6. The number of hydrogen-bond donors (Lipinski definition) is 0. The van der Waals surface area contributed by atoms with Crippen LogP contribution >= 0.6 is 23.1 Å². The molecule has 1 saturated heterocycles. The Morgan fingerprint density at radius 1 is 1.17 bits per heavy atom. The summed E-state index contributed by atoms with van der Waals surface area (Å²) < 4.78 is 10.7. The van der Waals surface area contributed by atoms with Gasteiger partial charge in [-0.15, -0.1) is 11.3 Å². The second kappa shape index (κ2) is 6.45. The molecule has 6 heteroatoms. The number of nitrogens with zero attached hydrogens (tertiary/aromatic N) is 1. The third-order valence-corrected chi connectivity index (χ3v) is 6.55. The first-order chi connectivity index (χ1) is 11.3. The maximum Gasteiger partial charge on any atom is 0.254 e. The lowest BCUT2D eigenvalue weighted by molar-refractivity contribution is 0.0766. The summed E-state index contributed by atoms with van der Waals surface area (Å²) in [5.74, 6) is 2.43. The van der Waals surface area contributed by atoms with Crippen LogP contribution < -0.4 is 9.47 Å². The fourth-order valence-corrected chi connectivity index (χ4v) is 5.12. The van der Waals surface area contributed by atoms with Crippen molar-refractivity contribution in [3.63, 3.8) is 0 Å². The van der Waals surface area contributed by atoms with Gasteiger partial charge in [0.2, 0.25) is 6.79 Å². The molecule has 2 aromatic rings. The summed E-state index contributed by atoms with van der Waals surface area (Å²) >= 11 is 3.75. The van der Waals surface area contributed by atoms with E-state index >= 15 is 0 Å². The topological polar surface area (TPSA) is 38.8 Å². The molecule has 1 fully saturated rings. The number of carbonyl (C=O) groups is 1. The van der Waals surface area contributed by atoms with Crippen LogP contribution in [-0.2, 0) is 0 Å². The lowest BCUT2D eigenvalue weighted by Gasteiger charge is -2.20. The quantitative estimate of drug-likeness (QED) is 0.828. The lowest BCUT2D eigenvalue weighted by Crippen LogP contribution is -2.32. The van der Waals surface area contributed by atoms with Gasteiger partial charge in [0.1, 0.15) is 0 Å². The Kier molecular flexibility index (Phi) is 4.18. The molecule has 1 amide bonds. The Balaban J connectivity index is 1.46. The first-order valence-electron chi connectivity index (χ1n) is 7.65. The minimum atomic E-state index is 0.0794. The molecule has 3 heterocycles. The van der Waals surface area contributed by atoms with Gasteiger partial charge in [0.25, 0.3) is 5.91 Å². The van der Waals surface area contributed by atoms with Gasteiger partial charge in [-0.25, -0.2) is 0 Å². The molecule has 1 aromatic heterocycles. The number of hydrogen-bond acceptors (Lipinski definition) is 5. The molecule has 0 spiro atoms. The van der Waals surface area contributed by atoms with E-state index < -0.39 is 0 Å². The van der Waals surface area contributed by atoms with Crippen molar-refractivity contribution in [3.05, 3.63) is 46.2 Å². The number of ether oxygens (including phenoxy) is 2. The highest BCUT2D eigenvalue weighted by Gasteiger charge is 2.24. The second-order valence-corrected chi connectivity index (χ2v) is 7.81. The van der Waals surface area contributed by atoms with E-state index in [0.717, 1.165) is 25.3 Å². The smallest absolute Gasteiger partial charge is 0.254 e. The zero-order chi connectivity index (χ0) is 15.6. The van der Waals surface area contributed by atoms with Gasteiger partial charge in [0.15, 0.2) is 11.5 Å². The predicted molar refractivity (Wildman–Crippen MR) is 92.6 cm³/mol. The molecule has 2 aliphatic heterocycles. The molecular formula is C17H17NO3S2. The SMILES string of the molecule is O=C(c1ccc2c(c1)OCO2)N1CCS[C@H](c2cccs2)CC1. The minimum Gasteiger partial charge on any atom is -0.454 e. The normalized spacial score (nSPS) is 20.3. The minimum absolute atomic E-state index is 0.0794. The largest absolute Gasteiger partial charge is 0.454 e. The van der Waals surface area contributed by atoms with Crippen LogP contribution in [0.4, 0.5) is 0 Å². The van der Waals surface area contributed by atoms with Crippen molar-refractivity contribution in [3.8, 4) is 11.5 Å². The molecule has 0 N–H and O–H groups in total. The highest BCUT2D eigenvalue weighted by molar-refractivity contribution is 7.99. The van der Waals surface area contributed by atoms with Crippen molar-refractivity contribution < 1.29 is 14.3 Å². The van der Waals surface area contributed by atoms with Crippen molar-refractivity contribution >= 4 is 29.0 Å². The van der Waals surface area contributed by atoms with Crippen molar-refractivity contribution in [1.29, 1.82) is 0 Å². The number of carbonyl (C=O) groups excluding carboxylic acids is 1. The van der Waals surface area contributed by atoms with E-state index in [0.29, 0.717) is 22.3 Å². The van der Waals surface area contributed by atoms with Crippen LogP contribution in [0, 0.1) is 0 Å². The van der Waals surface area contributed by atoms with Gasteiger partial charge >= 0.3 is 0 Å². The predicted octanol–water partition coefficient (Wildman–Crippen LogP) is 3.80. The fourth-order valence-electron chi connectivity index (χ4n) is 2.89. The molecule has 4 nitrogen and oxygen atoms in total. The molecule has 1 atom stereocenters. The number of fused-ring (bicyclic) bond motifs is 1. The molecule has 0 aliphatic carbocycles. The molecule has 1 aromatic carbocycles. The Morgan fingerprint density at radius 3 is 2.96 bits per heavy atom. The highest BCUT2D eigenvalue weighted by Crippen LogP contribution is 2.37. The van der Waals surface area contributed by atoms with Gasteiger partial charge < -0.3 is 14.4 Å². The van der Waals surface area contributed by atoms with Crippen LogP contribution in [0.1, 0.15) is 26.9 Å². The van der Waals surface area contributed by atoms with E-state index in [2.05, 4.69) is 17.5 Å². The van der Waals surface area contributed by atoms with Crippen LogP contribution in [0.15, 0.2) is 35.7 Å². The van der Waals surface area contributed by atoms with Gasteiger partial charge in [-0.05, 0) is 36.1 Å². The van der Waals surface area contributed by atoms with Crippen LogP contribution in [0.5, 0.6) is 11.5 Å². The first kappa shape index (κ1) is 14.9. The van der Waals surface area contributed by atoms with Gasteiger partial charge in [-0.3, -0.25) is 4.79 Å². The zero-order valence-corrected chi connectivity index (χ0v) is 14.2. The Hall–Kier alpha value is -1.66. The van der Waals surface area contributed by atoms with E-state index in [9.17, 15) is 4.79 Å². The molecule has 0 saturated carbocycles. The van der Waals surface area contributed by atoms with E-state index in [1.807, 2.05) is 28.8 Å². The number of rotatable bonds is 2. The third-order valence-electron chi connectivity index (χ3n) is 4.11. The molecule has 120 valence electrons. The first-order valence-corrected chi connectivity index (χ1v) is 9.58. The number of thiophene rings is 1. The Bertz CT molecular complexity index is 702. The summed E-state index contributed by atoms with van der Waals surface area (Å²) in [5, 5.41) is 2.63. The maximum atomic E-state index is 12.8. The number of thioether (sulfide) groups is 1. The summed E-state index contributed by atoms with van der Waals surface area (Å²) in [4.78, 5) is 16.1. The summed E-state index contributed by atoms with van der Waals surface area (Å²) in [6, 6.07) is 9.72. The fraction of sp³-hybridized carbons (Fsp3) is 0.353. The molecule has 2 aliphatic rings. The molecule has 0 bridgehead atoms. The monoisotopic (exact) mass is 347 g/mol. The average molecular weight is 347 g/mol. The van der Waals surface area contributed by atoms with Crippen LogP contribution in [-0.4, -0.2) is 36.4 Å². The number of amides is 1. The van der Waals surface area contributed by atoms with E-state index in [1.54, 1.807) is 17.4 Å². The van der Waals surface area contributed by atoms with Gasteiger partial charge in [-0.1, -0.05) is 6.07 Å². The standard InChI is InChI=1S/C17H17NO3S2/c19-17(12-3-4-13-14(10-12)21-11-20-13)18-6-5-16(23-9-7-18)15-2-1-8-22-15/h1-4,8,10,16H,5-7,9,11H2/t16-/m0/s1. The lowest BCUT2D eigenvalue weighted by atomic mass is 10.1. The Morgan fingerprint density at radius 2 is 2.09 bits per heavy atom. The van der Waals surface area contributed by atoms with Crippen molar-refractivity contribution in [1.82, 2.24) is 4.90 Å². The molecule has 23 heavy (non-hydrogen) atoms. The Labute approximate surface area is 143 Å². The molecular weight excluding hydrogens is 330 g/mol. The van der Waals surface area contributed by atoms with Crippen molar-refractivity contribution in [2.45, 2.75) is 11.7 Å². The molecule has 0 radical (unpaired) electrons. The van der Waals surface area contributed by atoms with Crippen molar-refractivity contribution in [2.75, 3.05) is 25.6 Å². The van der Waals surface area contributed by atoms with Gasteiger partial charge in [0, 0.05) is 34.5 Å². The van der Waals surface area contributed by atoms with E-state index in [1.165, 1.54) is 4.88 Å². The summed E-state index contributed by atoms with van der Waals surface area (Å²) in [5.41, 5.74) is 0.675. The summed E-state index contributed by atoms with van der Waals surface area (Å²) in [7, 11) is 0. The molecule has 0 unspecified atom stereocenters. The van der Waals surface area contributed by atoms with Crippen LogP contribution in [0.25, 0.3) is 0 Å². The van der Waals surface area contributed by atoms with E-state index in [-0.39, 0.29) is 12.7 Å². The second-order valence-electron chi connectivity index (χ2n) is 5.52. The van der Waals surface area contributed by atoms with Gasteiger partial charge in [0.05, 0.1) is 0 Å². The molecule has 4 rings (SSSR count). The number of benzene rings is 1. The maximum absolute atomic E-state index is 12.8.